The lowest BCUT2D eigenvalue weighted by molar-refractivity contribution is -0.605. The van der Waals surface area contributed by atoms with Crippen LogP contribution in [0, 0.1) is 22.9 Å². The molecule has 8 rings (SSSR count). The van der Waals surface area contributed by atoms with Gasteiger partial charge in [-0.25, -0.2) is 18.8 Å². The number of esters is 2. The average Bonchev–Trinajstić information content (AvgIpc) is 4.05. The lowest BCUT2D eigenvalue weighted by Gasteiger charge is -2.44. The van der Waals surface area contributed by atoms with Crippen LogP contribution in [0.15, 0.2) is 79.1 Å². The fourth-order valence-corrected chi connectivity index (χ4v) is 7.59. The molecule has 3 aliphatic heterocycles. The van der Waals surface area contributed by atoms with Crippen LogP contribution in [0.25, 0.3) is 0 Å². The van der Waals surface area contributed by atoms with Crippen LogP contribution in [0.5, 0.6) is 11.5 Å². The van der Waals surface area contributed by atoms with Gasteiger partial charge in [0.15, 0.2) is 29.9 Å². The molecule has 1 aromatic heterocycles. The van der Waals surface area contributed by atoms with Gasteiger partial charge in [0.1, 0.15) is 28.1 Å². The van der Waals surface area contributed by atoms with Crippen molar-refractivity contribution < 1.29 is 69.5 Å². The Morgan fingerprint density at radius 2 is 1.60 bits per heavy atom. The number of aromatic nitrogens is 1. The number of piperidine rings is 3. The summed E-state index contributed by atoms with van der Waals surface area (Å²) in [4.78, 5) is 38.8. The number of alkyl halides is 5. The summed E-state index contributed by atoms with van der Waals surface area (Å²) in [5.41, 5.74) is 1.43. The number of pyridine rings is 1. The number of carboxylic acids is 1. The molecule has 62 heavy (non-hydrogen) atoms. The molecule has 332 valence electrons. The monoisotopic (exact) mass is 913 g/mol. The lowest BCUT2D eigenvalue weighted by Crippen LogP contribution is -2.52. The number of nitrogens with one attached hydrogen (secondary N) is 1. The minimum absolute atomic E-state index is 0.0196. The van der Waals surface area contributed by atoms with E-state index in [1.165, 1.54) is 48.5 Å². The first-order valence-electron chi connectivity index (χ1n) is 19.3. The third-order valence-corrected chi connectivity index (χ3v) is 11.0. The van der Waals surface area contributed by atoms with Crippen LogP contribution in [-0.2, 0) is 25.5 Å². The zero-order valence-electron chi connectivity index (χ0n) is 32.5. The van der Waals surface area contributed by atoms with Gasteiger partial charge in [0.25, 0.3) is 0 Å². The topological polar surface area (TPSA) is 151 Å². The number of ether oxygens (including phenoxy) is 4. The Labute approximate surface area is 360 Å². The first-order chi connectivity index (χ1) is 29.4. The Hall–Kier alpha value is -5.46. The molecule has 0 spiro atoms. The van der Waals surface area contributed by atoms with Crippen LogP contribution in [0.2, 0.25) is 10.0 Å². The van der Waals surface area contributed by atoms with E-state index in [1.54, 1.807) is 18.2 Å². The SMILES string of the molecule is O=C(O)C(F)(F)F.O=C(O[C@@H](Cc1c(Cl)c[n+]([O-])cc1Cl)c1ccc(OC(F)F)c(OCC2CC2)c1)c1cccc(NC(C(=O)O[C@H]2CN3CCC2CC3)c2cccc(F)c2)c1. The first kappa shape index (κ1) is 46.1. The number of carbonyl (C=O) groups excluding carboxylic acids is 2. The third-order valence-electron chi connectivity index (χ3n) is 10.4. The van der Waals surface area contributed by atoms with Gasteiger partial charge < -0.3 is 34.6 Å². The van der Waals surface area contributed by atoms with Gasteiger partial charge in [0.05, 0.1) is 12.2 Å². The number of halogens is 8. The first-order valence-corrected chi connectivity index (χ1v) is 20.0. The van der Waals surface area contributed by atoms with Gasteiger partial charge in [0, 0.05) is 24.2 Å². The maximum absolute atomic E-state index is 14.4. The van der Waals surface area contributed by atoms with E-state index in [2.05, 4.69) is 10.2 Å². The van der Waals surface area contributed by atoms with E-state index in [0.29, 0.717) is 39.6 Å². The van der Waals surface area contributed by atoms with Crippen molar-refractivity contribution in [2.24, 2.45) is 11.8 Å². The van der Waals surface area contributed by atoms with Crippen LogP contribution in [0.4, 0.5) is 32.0 Å². The molecule has 1 saturated carbocycles. The summed E-state index contributed by atoms with van der Waals surface area (Å²) in [6, 6.07) is 15.0. The van der Waals surface area contributed by atoms with Crippen LogP contribution in [0.1, 0.15) is 64.9 Å². The smallest absolute Gasteiger partial charge is 0.490 e. The van der Waals surface area contributed by atoms with E-state index in [4.69, 9.17) is 52.1 Å². The molecule has 20 heteroatoms. The molecule has 4 heterocycles. The number of benzene rings is 3. The number of rotatable bonds is 15. The standard InChI is InChI=1S/C40H38Cl2F3N3O7.C2HF3O2/c41-31-19-48(51)20-32(42)30(31)18-34(25-9-10-33(55-40(44)45)35(17-25)52-22-23-7-8-23)53-38(49)27-4-2-6-29(16-27)46-37(26-3-1-5-28(43)15-26)39(50)54-36-21-47-13-11-24(36)12-14-47;3-2(4,5)1(6)7/h1-6,9-10,15-17,19-20,23-24,34,36-37,40,46H,7-8,11-14,18,21-22H2;(H,6,7)/t34-,36-,37?;/m0./s1. The number of carboxylic acid groups (broad SMARTS) is 1. The molecular formula is C42H39Cl2F6N3O9. The summed E-state index contributed by atoms with van der Waals surface area (Å²) in [6.45, 7) is -0.244. The van der Waals surface area contributed by atoms with Gasteiger partial charge >= 0.3 is 30.7 Å². The molecule has 4 aromatic rings. The number of nitrogens with zero attached hydrogens (tertiary/aromatic N) is 2. The number of aliphatic carboxylic acids is 1. The quantitative estimate of drug-likeness (QED) is 0.0510. The molecule has 3 atom stereocenters. The Morgan fingerprint density at radius 1 is 0.919 bits per heavy atom. The van der Waals surface area contributed by atoms with Crippen molar-refractivity contribution in [2.45, 2.75) is 63.1 Å². The molecule has 2 bridgehead atoms. The summed E-state index contributed by atoms with van der Waals surface area (Å²) in [5.74, 6) is -4.26. The summed E-state index contributed by atoms with van der Waals surface area (Å²) in [6.07, 6.45) is -0.591. The minimum Gasteiger partial charge on any atom is -0.619 e. The molecule has 4 fully saturated rings. The van der Waals surface area contributed by atoms with Crippen LogP contribution >= 0.6 is 23.2 Å². The number of anilines is 1. The van der Waals surface area contributed by atoms with E-state index < -0.39 is 48.7 Å². The number of hydrogen-bond acceptors (Lipinski definition) is 10. The van der Waals surface area contributed by atoms with Crippen LogP contribution in [-0.4, -0.2) is 73.0 Å². The molecule has 3 aromatic carbocycles. The molecule has 4 aliphatic rings. The van der Waals surface area contributed by atoms with E-state index >= 15 is 0 Å². The van der Waals surface area contributed by atoms with Crippen molar-refractivity contribution in [3.8, 4) is 11.5 Å². The van der Waals surface area contributed by atoms with Crippen molar-refractivity contribution in [3.63, 3.8) is 0 Å². The van der Waals surface area contributed by atoms with E-state index in [-0.39, 0.29) is 52.2 Å². The van der Waals surface area contributed by atoms with Crippen molar-refractivity contribution in [1.82, 2.24) is 4.90 Å². The molecule has 0 amide bonds. The second kappa shape index (κ2) is 20.2. The van der Waals surface area contributed by atoms with Gasteiger partial charge in [-0.15, -0.1) is 0 Å². The Balaban J connectivity index is 0.000000845. The zero-order valence-corrected chi connectivity index (χ0v) is 34.0. The van der Waals surface area contributed by atoms with E-state index in [1.807, 2.05) is 0 Å². The van der Waals surface area contributed by atoms with Crippen LogP contribution in [0.3, 0.4) is 0 Å². The third kappa shape index (κ3) is 12.6. The van der Waals surface area contributed by atoms with Crippen LogP contribution < -0.4 is 19.5 Å². The van der Waals surface area contributed by atoms with Crippen molar-refractivity contribution >= 4 is 46.8 Å². The predicted molar refractivity (Wildman–Crippen MR) is 211 cm³/mol. The van der Waals surface area contributed by atoms with Crippen molar-refractivity contribution in [1.29, 1.82) is 0 Å². The average molecular weight is 915 g/mol. The van der Waals surface area contributed by atoms with Crippen molar-refractivity contribution in [2.75, 3.05) is 31.6 Å². The molecule has 2 N–H and O–H groups in total. The minimum atomic E-state index is -5.08. The Morgan fingerprint density at radius 3 is 2.19 bits per heavy atom. The zero-order chi connectivity index (χ0) is 44.7. The van der Waals surface area contributed by atoms with E-state index in [0.717, 1.165) is 51.2 Å². The summed E-state index contributed by atoms with van der Waals surface area (Å²) in [5, 5.41) is 22.3. The van der Waals surface area contributed by atoms with Gasteiger partial charge in [-0.1, -0.05) is 47.5 Å². The highest BCUT2D eigenvalue weighted by Gasteiger charge is 2.39. The molecule has 1 unspecified atom stereocenters. The summed E-state index contributed by atoms with van der Waals surface area (Å²) in [7, 11) is 0. The maximum atomic E-state index is 14.4. The summed E-state index contributed by atoms with van der Waals surface area (Å²) >= 11 is 12.8. The Bertz CT molecular complexity index is 2220. The van der Waals surface area contributed by atoms with E-state index in [9.17, 15) is 41.1 Å². The maximum Gasteiger partial charge on any atom is 0.490 e. The number of carbonyl (C=O) groups is 3. The highest BCUT2D eigenvalue weighted by Crippen LogP contribution is 2.39. The molecule has 1 aliphatic carbocycles. The van der Waals surface area contributed by atoms with Crippen molar-refractivity contribution in [3.05, 3.63) is 122 Å². The largest absolute Gasteiger partial charge is 0.619 e. The molecule has 3 saturated heterocycles. The van der Waals surface area contributed by atoms with Gasteiger partial charge in [0.2, 0.25) is 0 Å². The van der Waals surface area contributed by atoms with Gasteiger partial charge in [-0.2, -0.15) is 26.7 Å². The molecule has 0 radical (unpaired) electrons. The fraction of sp³-hybridized carbons (Fsp3) is 0.381. The van der Waals surface area contributed by atoms with Gasteiger partial charge in [-0.05, 0) is 104 Å². The second-order valence-corrected chi connectivity index (χ2v) is 15.7. The summed E-state index contributed by atoms with van der Waals surface area (Å²) < 4.78 is 95.8. The lowest BCUT2D eigenvalue weighted by atomic mass is 9.86. The molecule has 12 nitrogen and oxygen atoms in total. The molecular weight excluding hydrogens is 875 g/mol. The normalized spacial score (nSPS) is 19.1. The Kier molecular flexibility index (Phi) is 15.0. The number of fused-ring (bicyclic) bond motifs is 3. The predicted octanol–water partition coefficient (Wildman–Crippen LogP) is 8.72. The number of hydrogen-bond donors (Lipinski definition) is 2. The second-order valence-electron chi connectivity index (χ2n) is 14.9. The van der Waals surface area contributed by atoms with Gasteiger partial charge in [-0.3, -0.25) is 4.90 Å². The highest BCUT2D eigenvalue weighted by atomic mass is 35.5. The highest BCUT2D eigenvalue weighted by molar-refractivity contribution is 6.35. The fourth-order valence-electron chi connectivity index (χ4n) is 6.99.